The Bertz CT molecular complexity index is 477. The van der Waals surface area contributed by atoms with Crippen molar-refractivity contribution in [3.63, 3.8) is 0 Å². The Labute approximate surface area is 117 Å². The first-order chi connectivity index (χ1) is 9.63. The SMILES string of the molecule is COCC(O)CN(C)C(=O)c1cccc2c1OCCO2. The Morgan fingerprint density at radius 1 is 1.45 bits per heavy atom. The first kappa shape index (κ1) is 14.6. The van der Waals surface area contributed by atoms with Crippen LogP contribution >= 0.6 is 0 Å². The lowest BCUT2D eigenvalue weighted by atomic mass is 10.1. The highest BCUT2D eigenvalue weighted by molar-refractivity contribution is 5.97. The summed E-state index contributed by atoms with van der Waals surface area (Å²) in [5.41, 5.74) is 0.439. The van der Waals surface area contributed by atoms with Gasteiger partial charge < -0.3 is 24.2 Å². The number of carbonyl (C=O) groups is 1. The zero-order valence-corrected chi connectivity index (χ0v) is 11.7. The molecular formula is C14H19NO5. The predicted molar refractivity (Wildman–Crippen MR) is 72.3 cm³/mol. The topological polar surface area (TPSA) is 68.2 Å². The highest BCUT2D eigenvalue weighted by Crippen LogP contribution is 2.34. The van der Waals surface area contributed by atoms with Gasteiger partial charge in [-0.15, -0.1) is 0 Å². The van der Waals surface area contributed by atoms with E-state index >= 15 is 0 Å². The van der Waals surface area contributed by atoms with Gasteiger partial charge >= 0.3 is 0 Å². The summed E-state index contributed by atoms with van der Waals surface area (Å²) in [5, 5.41) is 9.68. The van der Waals surface area contributed by atoms with Crippen LogP contribution in [-0.4, -0.2) is 62.5 Å². The molecule has 1 atom stereocenters. The second-order valence-electron chi connectivity index (χ2n) is 4.62. The van der Waals surface area contributed by atoms with Crippen LogP contribution in [-0.2, 0) is 4.74 Å². The molecule has 6 heteroatoms. The second kappa shape index (κ2) is 6.58. The molecule has 1 aliphatic rings. The third kappa shape index (κ3) is 3.20. The fraction of sp³-hybridized carbons (Fsp3) is 0.500. The van der Waals surface area contributed by atoms with Crippen molar-refractivity contribution in [3.05, 3.63) is 23.8 Å². The fourth-order valence-corrected chi connectivity index (χ4v) is 2.09. The molecule has 0 aliphatic carbocycles. The van der Waals surface area contributed by atoms with Crippen LogP contribution in [0.1, 0.15) is 10.4 Å². The molecule has 6 nitrogen and oxygen atoms in total. The Morgan fingerprint density at radius 2 is 2.20 bits per heavy atom. The molecule has 20 heavy (non-hydrogen) atoms. The molecule has 2 rings (SSSR count). The van der Waals surface area contributed by atoms with Crippen molar-refractivity contribution in [2.75, 3.05) is 40.5 Å². The van der Waals surface area contributed by atoms with Gasteiger partial charge in [-0.3, -0.25) is 4.79 Å². The van der Waals surface area contributed by atoms with Crippen LogP contribution in [0, 0.1) is 0 Å². The molecule has 0 saturated carbocycles. The molecule has 1 aromatic rings. The normalized spacial score (nSPS) is 14.8. The number of amides is 1. The van der Waals surface area contributed by atoms with Crippen molar-refractivity contribution in [3.8, 4) is 11.5 Å². The third-order valence-electron chi connectivity index (χ3n) is 2.99. The monoisotopic (exact) mass is 281 g/mol. The van der Waals surface area contributed by atoms with Crippen molar-refractivity contribution in [1.82, 2.24) is 4.90 Å². The van der Waals surface area contributed by atoms with E-state index in [1.54, 1.807) is 25.2 Å². The molecule has 0 saturated heterocycles. The average Bonchev–Trinajstić information content (AvgIpc) is 2.46. The summed E-state index contributed by atoms with van der Waals surface area (Å²) in [4.78, 5) is 13.8. The summed E-state index contributed by atoms with van der Waals surface area (Å²) in [6.45, 7) is 1.28. The van der Waals surface area contributed by atoms with Gasteiger partial charge in [0.2, 0.25) is 0 Å². The zero-order chi connectivity index (χ0) is 14.5. The molecule has 110 valence electrons. The van der Waals surface area contributed by atoms with Crippen LogP contribution in [0.25, 0.3) is 0 Å². The average molecular weight is 281 g/mol. The van der Waals surface area contributed by atoms with E-state index in [0.717, 1.165) is 0 Å². The Hall–Kier alpha value is -1.79. The summed E-state index contributed by atoms with van der Waals surface area (Å²) < 4.78 is 15.8. The van der Waals surface area contributed by atoms with Crippen LogP contribution in [0.4, 0.5) is 0 Å². The van der Waals surface area contributed by atoms with Crippen LogP contribution in [0.15, 0.2) is 18.2 Å². The van der Waals surface area contributed by atoms with E-state index < -0.39 is 6.10 Å². The van der Waals surface area contributed by atoms with E-state index in [1.807, 2.05) is 0 Å². The fourth-order valence-electron chi connectivity index (χ4n) is 2.09. The van der Waals surface area contributed by atoms with Gasteiger partial charge in [0.25, 0.3) is 5.91 Å². The number of aliphatic hydroxyl groups excluding tert-OH is 1. The molecule has 1 amide bonds. The lowest BCUT2D eigenvalue weighted by Gasteiger charge is -2.24. The standard InChI is InChI=1S/C14H19NO5/c1-15(8-10(16)9-18-2)14(17)11-4-3-5-12-13(11)20-7-6-19-12/h3-5,10,16H,6-9H2,1-2H3. The van der Waals surface area contributed by atoms with E-state index in [0.29, 0.717) is 30.3 Å². The van der Waals surface area contributed by atoms with Crippen molar-refractivity contribution in [1.29, 1.82) is 0 Å². The van der Waals surface area contributed by atoms with Crippen LogP contribution < -0.4 is 9.47 Å². The van der Waals surface area contributed by atoms with Crippen LogP contribution in [0.2, 0.25) is 0 Å². The lowest BCUT2D eigenvalue weighted by molar-refractivity contribution is 0.0377. The van der Waals surface area contributed by atoms with Gasteiger partial charge in [0.15, 0.2) is 11.5 Å². The van der Waals surface area contributed by atoms with Gasteiger partial charge in [-0.1, -0.05) is 6.07 Å². The number of aliphatic hydroxyl groups is 1. The number of methoxy groups -OCH3 is 1. The molecule has 0 bridgehead atoms. The van der Waals surface area contributed by atoms with E-state index in [4.69, 9.17) is 14.2 Å². The lowest BCUT2D eigenvalue weighted by Crippen LogP contribution is -2.36. The van der Waals surface area contributed by atoms with E-state index in [2.05, 4.69) is 0 Å². The molecule has 0 radical (unpaired) electrons. The minimum atomic E-state index is -0.717. The van der Waals surface area contributed by atoms with Crippen LogP contribution in [0.5, 0.6) is 11.5 Å². The number of likely N-dealkylation sites (N-methyl/N-ethyl adjacent to an activating group) is 1. The van der Waals surface area contributed by atoms with E-state index in [1.165, 1.54) is 12.0 Å². The first-order valence-electron chi connectivity index (χ1n) is 6.44. The third-order valence-corrected chi connectivity index (χ3v) is 2.99. The molecule has 0 aromatic heterocycles. The maximum Gasteiger partial charge on any atom is 0.257 e. The summed E-state index contributed by atoms with van der Waals surface area (Å²) >= 11 is 0. The van der Waals surface area contributed by atoms with Crippen molar-refractivity contribution in [2.24, 2.45) is 0 Å². The van der Waals surface area contributed by atoms with Gasteiger partial charge in [-0.2, -0.15) is 0 Å². The highest BCUT2D eigenvalue weighted by Gasteiger charge is 2.23. The molecule has 1 N–H and O–H groups in total. The van der Waals surface area contributed by atoms with Crippen molar-refractivity contribution < 1.29 is 24.1 Å². The summed E-state index contributed by atoms with van der Waals surface area (Å²) in [6.07, 6.45) is -0.717. The Kier molecular flexibility index (Phi) is 4.81. The molecule has 0 fully saturated rings. The maximum atomic E-state index is 12.4. The quantitative estimate of drug-likeness (QED) is 0.853. The predicted octanol–water partition coefficient (Wildman–Crippen LogP) is 0.537. The van der Waals surface area contributed by atoms with Gasteiger partial charge in [0.05, 0.1) is 18.3 Å². The maximum absolute atomic E-state index is 12.4. The van der Waals surface area contributed by atoms with Crippen molar-refractivity contribution in [2.45, 2.75) is 6.10 Å². The number of hydrogen-bond acceptors (Lipinski definition) is 5. The number of carbonyl (C=O) groups excluding carboxylic acids is 1. The van der Waals surface area contributed by atoms with Gasteiger partial charge in [-0.05, 0) is 12.1 Å². The van der Waals surface area contributed by atoms with E-state index in [9.17, 15) is 9.90 Å². The summed E-state index contributed by atoms with van der Waals surface area (Å²) in [7, 11) is 3.13. The largest absolute Gasteiger partial charge is 0.486 e. The smallest absolute Gasteiger partial charge is 0.257 e. The Morgan fingerprint density at radius 3 is 2.95 bits per heavy atom. The number of benzene rings is 1. The number of para-hydroxylation sites is 1. The van der Waals surface area contributed by atoms with Crippen LogP contribution in [0.3, 0.4) is 0 Å². The second-order valence-corrected chi connectivity index (χ2v) is 4.62. The zero-order valence-electron chi connectivity index (χ0n) is 11.7. The van der Waals surface area contributed by atoms with Crippen molar-refractivity contribution >= 4 is 5.91 Å². The number of nitrogens with zero attached hydrogens (tertiary/aromatic N) is 1. The number of ether oxygens (including phenoxy) is 3. The minimum absolute atomic E-state index is 0.185. The van der Waals surface area contributed by atoms with Gasteiger partial charge in [0, 0.05) is 20.7 Å². The first-order valence-corrected chi connectivity index (χ1v) is 6.44. The van der Waals surface area contributed by atoms with E-state index in [-0.39, 0.29) is 19.1 Å². The molecular weight excluding hydrogens is 262 g/mol. The number of fused-ring (bicyclic) bond motifs is 1. The Balaban J connectivity index is 2.12. The van der Waals surface area contributed by atoms with Gasteiger partial charge in [0.1, 0.15) is 13.2 Å². The highest BCUT2D eigenvalue weighted by atomic mass is 16.6. The number of hydrogen-bond donors (Lipinski definition) is 1. The molecule has 1 aromatic carbocycles. The number of rotatable bonds is 5. The minimum Gasteiger partial charge on any atom is -0.486 e. The molecule has 0 spiro atoms. The molecule has 1 aliphatic heterocycles. The molecule has 1 heterocycles. The van der Waals surface area contributed by atoms with Gasteiger partial charge in [-0.25, -0.2) is 0 Å². The summed E-state index contributed by atoms with van der Waals surface area (Å²) in [6, 6.07) is 5.21. The molecule has 1 unspecified atom stereocenters. The summed E-state index contributed by atoms with van der Waals surface area (Å²) in [5.74, 6) is 0.826.